The summed E-state index contributed by atoms with van der Waals surface area (Å²) in [5.41, 5.74) is 2.58. The van der Waals surface area contributed by atoms with Crippen LogP contribution in [-0.2, 0) is 47.1 Å². The molecule has 0 spiro atoms. The number of amides is 2. The Bertz CT molecular complexity index is 5940. The highest BCUT2D eigenvalue weighted by atomic mass is 35.5. The van der Waals surface area contributed by atoms with Crippen LogP contribution in [0.5, 0.6) is 0 Å². The molecule has 0 radical (unpaired) electrons. The van der Waals surface area contributed by atoms with Gasteiger partial charge in [0.25, 0.3) is 17.1 Å². The van der Waals surface area contributed by atoms with Crippen LogP contribution in [0.25, 0.3) is 43.6 Å². The van der Waals surface area contributed by atoms with E-state index >= 15 is 0 Å². The lowest BCUT2D eigenvalue weighted by Crippen LogP contribution is -2.50. The van der Waals surface area contributed by atoms with E-state index in [1.54, 1.807) is 0 Å². The standard InChI is InChI=1S/2C29H32F3N5O4.C15H17F3N2O5.C14H17N3.C10H8ClN.C4H10N2/c2*1-19-16-27(34-25-5-3-2-4-23(19)25)35-12-14-36(15-13-35)28(38)18-41-22-9-6-20(7-10-22)33-21-8-11-26(37(39)40)24(17-21)29(30,31)32;16-15(17,18)12-7-10(3-6-13(12)20(23)24)19-9-1-4-11(5-2-9)25-8-14(21)22;1-11-10-14(17-8-6-15-7-9-17)16-13-5-3-2-4-12(11)13;1-7-6-10(11)12-9-5-3-2-4-8(7)9;1-2-6-4-3-5-1/h2*2-5,8,11,16-17,20,22,33H,6-7,9-10,12-15,18H2,1H3;3,6-7,9,11,19H,1-2,4-5,8H2,(H,21,22);2-5,10,15H,6-9H2,1H3;2-6H,1H3;5-6H,1-4H2. The Balaban J connectivity index is 0.000000155. The summed E-state index contributed by atoms with van der Waals surface area (Å²) in [6.45, 7) is 21.8. The van der Waals surface area contributed by atoms with Crippen molar-refractivity contribution in [2.75, 3.05) is 155 Å². The van der Waals surface area contributed by atoms with Gasteiger partial charge in [-0.05, 0) is 212 Å². The predicted molar refractivity (Wildman–Crippen MR) is 528 cm³/mol. The number of aliphatic carboxylic acids is 1. The highest BCUT2D eigenvalue weighted by Crippen LogP contribution is 2.43. The van der Waals surface area contributed by atoms with Crippen LogP contribution < -0.4 is 46.6 Å². The van der Waals surface area contributed by atoms with E-state index in [0.717, 1.165) is 139 Å². The lowest BCUT2D eigenvalue weighted by molar-refractivity contribution is -0.388. The van der Waals surface area contributed by atoms with Gasteiger partial charge in [-0.3, -0.25) is 39.9 Å². The normalized spacial score (nSPS) is 19.0. The van der Waals surface area contributed by atoms with E-state index in [1.165, 1.54) is 51.2 Å². The number of nitrogens with zero attached hydrogens (tertiary/aromatic N) is 12. The van der Waals surface area contributed by atoms with Crippen molar-refractivity contribution in [3.8, 4) is 0 Å². The third kappa shape index (κ3) is 30.1. The van der Waals surface area contributed by atoms with Gasteiger partial charge in [0.05, 0.1) is 55.1 Å². The number of ether oxygens (including phenoxy) is 3. The van der Waals surface area contributed by atoms with Crippen molar-refractivity contribution in [2.24, 2.45) is 0 Å². The third-order valence-electron chi connectivity index (χ3n) is 25.9. The molecule has 4 aromatic heterocycles. The van der Waals surface area contributed by atoms with Crippen molar-refractivity contribution in [3.63, 3.8) is 0 Å². The number of hydrogen-bond acceptors (Lipinski definition) is 25. The number of carbonyl (C=O) groups is 3. The van der Waals surface area contributed by atoms with Gasteiger partial charge in [0.15, 0.2) is 0 Å². The Morgan fingerprint density at radius 1 is 0.373 bits per heavy atom. The number of pyridine rings is 4. The first-order valence-electron chi connectivity index (χ1n) is 47.4. The minimum atomic E-state index is -4.82. The van der Waals surface area contributed by atoms with Gasteiger partial charge in [-0.1, -0.05) is 84.4 Å². The van der Waals surface area contributed by atoms with Crippen molar-refractivity contribution in [3.05, 3.63) is 250 Å². The van der Waals surface area contributed by atoms with E-state index in [2.05, 4.69) is 127 Å². The first-order chi connectivity index (χ1) is 67.9. The molecule has 3 aliphatic carbocycles. The second kappa shape index (κ2) is 49.6. The van der Waals surface area contributed by atoms with Crippen molar-refractivity contribution >= 4 is 125 Å². The largest absolute Gasteiger partial charge is 0.480 e. The topological polar surface area (TPSA) is 368 Å². The third-order valence-corrected chi connectivity index (χ3v) is 26.1. The summed E-state index contributed by atoms with van der Waals surface area (Å²) in [4.78, 5) is 94.6. The molecule has 4 aliphatic heterocycles. The van der Waals surface area contributed by atoms with E-state index in [0.29, 0.717) is 135 Å². The van der Waals surface area contributed by atoms with Gasteiger partial charge in [-0.25, -0.2) is 24.7 Å². The van der Waals surface area contributed by atoms with E-state index in [-0.39, 0.29) is 85.1 Å². The zero-order valence-corrected chi connectivity index (χ0v) is 79.9. The number of fused-ring (bicyclic) bond motifs is 4. The molecule has 3 saturated carbocycles. The van der Waals surface area contributed by atoms with E-state index in [4.69, 9.17) is 45.9 Å². The summed E-state index contributed by atoms with van der Waals surface area (Å²) in [6, 6.07) is 49.2. The number of piperazine rings is 4. The van der Waals surface area contributed by atoms with Gasteiger partial charge >= 0.3 is 24.5 Å². The summed E-state index contributed by atoms with van der Waals surface area (Å²) in [5, 5.41) is 65.4. The molecule has 7 aromatic carbocycles. The highest BCUT2D eigenvalue weighted by molar-refractivity contribution is 6.30. The number of carbonyl (C=O) groups excluding carboxylic acids is 2. The molecule has 758 valence electrons. The van der Waals surface area contributed by atoms with E-state index in [9.17, 15) is 84.2 Å². The van der Waals surface area contributed by atoms with Crippen LogP contribution in [0.3, 0.4) is 0 Å². The van der Waals surface area contributed by atoms with Gasteiger partial charge in [0.1, 0.15) is 59.1 Å². The maximum atomic E-state index is 13.3. The summed E-state index contributed by atoms with van der Waals surface area (Å²) >= 11 is 5.81. The van der Waals surface area contributed by atoms with Gasteiger partial charge in [-0.2, -0.15) is 39.5 Å². The Morgan fingerprint density at radius 2 is 0.641 bits per heavy atom. The average molecular weight is 2000 g/mol. The number of alkyl halides is 9. The number of para-hydroxylation sites is 4. The summed E-state index contributed by atoms with van der Waals surface area (Å²) in [7, 11) is 0. The Morgan fingerprint density at radius 3 is 0.923 bits per heavy atom. The van der Waals surface area contributed by atoms with Crippen LogP contribution in [-0.4, -0.2) is 228 Å². The van der Waals surface area contributed by atoms with E-state index < -0.39 is 73.0 Å². The monoisotopic (exact) mass is 1990 g/mol. The number of hydrogen-bond donors (Lipinski definition) is 7. The fourth-order valence-corrected chi connectivity index (χ4v) is 18.5. The quantitative estimate of drug-likeness (QED) is 0.0152. The molecule has 11 aromatic rings. The van der Waals surface area contributed by atoms with Crippen molar-refractivity contribution in [2.45, 2.75) is 160 Å². The zero-order chi connectivity index (χ0) is 101. The van der Waals surface area contributed by atoms with Crippen LogP contribution >= 0.6 is 11.6 Å². The number of halogens is 10. The molecule has 7 fully saturated rings. The predicted octanol–water partition coefficient (Wildman–Crippen LogP) is 18.9. The molecular weight excluding hydrogens is 1880 g/mol. The number of carboxylic acids is 1. The van der Waals surface area contributed by atoms with Crippen LogP contribution in [0.1, 0.15) is 116 Å². The van der Waals surface area contributed by atoms with Gasteiger partial charge in [0.2, 0.25) is 11.8 Å². The Hall–Kier alpha value is -13.0. The molecule has 0 unspecified atom stereocenters. The molecule has 7 N–H and O–H groups in total. The number of anilines is 6. The molecule has 2 amide bonds. The molecule has 0 atom stereocenters. The minimum absolute atomic E-state index is 0.00656. The smallest absolute Gasteiger partial charge is 0.423 e. The van der Waals surface area contributed by atoms with Crippen LogP contribution in [0, 0.1) is 58.0 Å². The lowest BCUT2D eigenvalue weighted by Gasteiger charge is -2.36. The number of nitrogens with one attached hydrogen (secondary N) is 6. The fourth-order valence-electron chi connectivity index (χ4n) is 18.3. The first-order valence-corrected chi connectivity index (χ1v) is 47.8. The van der Waals surface area contributed by atoms with E-state index in [1.807, 2.05) is 83.5 Å². The Kier molecular flexibility index (Phi) is 37.1. The number of aryl methyl sites for hydroxylation is 4. The summed E-state index contributed by atoms with van der Waals surface area (Å²) in [6.07, 6.45) is -7.26. The average Bonchev–Trinajstić information content (AvgIpc) is 0.725. The van der Waals surface area contributed by atoms with Crippen molar-refractivity contribution in [1.82, 2.24) is 45.7 Å². The zero-order valence-electron chi connectivity index (χ0n) is 79.1. The fraction of sp³-hybridized carbons (Fsp3) is 0.436. The molecule has 0 bridgehead atoms. The highest BCUT2D eigenvalue weighted by Gasteiger charge is 2.42. The first kappa shape index (κ1) is 106. The SMILES string of the molecule is C1CNCCN1.Cc1cc(Cl)nc2ccccc12.Cc1cc(N2CCN(C(=O)COC3CCC(Nc4ccc([N+](=O)[O-])c(C(F)(F)F)c4)CC3)CC2)nc2ccccc12.Cc1cc(N2CCN(C(=O)COC3CCC(Nc4ccc([N+](=O)[O-])c(C(F)(F)F)c4)CC3)CC2)nc2ccccc12.Cc1cc(N2CCNCC2)nc2ccccc12.O=C(O)COC1CCC(Nc2ccc([N+](=O)[O-])c(C(F)(F)F)c2)CC1. The second-order valence-electron chi connectivity index (χ2n) is 35.8. The molecule has 31 nitrogen and oxygen atoms in total. The second-order valence-corrected chi connectivity index (χ2v) is 36.2. The number of benzene rings is 7. The lowest BCUT2D eigenvalue weighted by atomic mass is 9.92. The minimum Gasteiger partial charge on any atom is -0.480 e. The Labute approximate surface area is 819 Å². The molecule has 8 heterocycles. The van der Waals surface area contributed by atoms with Gasteiger partial charge < -0.3 is 75.7 Å². The summed E-state index contributed by atoms with van der Waals surface area (Å²) in [5.74, 6) is 1.78. The van der Waals surface area contributed by atoms with Crippen LogP contribution in [0.4, 0.5) is 91.1 Å². The molecule has 41 heteroatoms. The number of rotatable bonds is 21. The maximum Gasteiger partial charge on any atom is 0.423 e. The molecule has 7 aliphatic rings. The van der Waals surface area contributed by atoms with Crippen molar-refractivity contribution < 1.29 is 88.0 Å². The maximum absolute atomic E-state index is 13.3. The number of carboxylic acid groups (broad SMARTS) is 1. The summed E-state index contributed by atoms with van der Waals surface area (Å²) < 4.78 is 136. The number of nitro benzene ring substituents is 3. The molecule has 4 saturated heterocycles. The number of aromatic nitrogens is 4. The molecular formula is C101H116ClF9N18O13. The molecule has 18 rings (SSSR count). The van der Waals surface area contributed by atoms with Crippen molar-refractivity contribution in [1.29, 1.82) is 0 Å². The molecule has 142 heavy (non-hydrogen) atoms. The van der Waals surface area contributed by atoms with Gasteiger partial charge in [-0.15, -0.1) is 0 Å². The van der Waals surface area contributed by atoms with Gasteiger partial charge in [0, 0.05) is 180 Å². The number of nitro groups is 3. The van der Waals surface area contributed by atoms with Crippen LogP contribution in [0.2, 0.25) is 5.15 Å². The van der Waals surface area contributed by atoms with Crippen LogP contribution in [0.15, 0.2) is 176 Å².